The van der Waals surface area contributed by atoms with Crippen molar-refractivity contribution in [3.8, 4) is 0 Å². The van der Waals surface area contributed by atoms with Gasteiger partial charge < -0.3 is 0 Å². The second-order valence-electron chi connectivity index (χ2n) is 4.74. The maximum Gasteiger partial charge on any atom is 0.128 e. The van der Waals surface area contributed by atoms with Crippen LogP contribution in [-0.2, 0) is 0 Å². The maximum atomic E-state index is 14.3. The lowest BCUT2D eigenvalue weighted by Crippen LogP contribution is -2.30. The molecule has 0 amide bonds. The van der Waals surface area contributed by atoms with Crippen LogP contribution in [0.15, 0.2) is 34.8 Å². The second kappa shape index (κ2) is 5.99. The lowest BCUT2D eigenvalue weighted by Gasteiger charge is -2.21. The molecule has 1 atom stereocenters. The number of aryl methyl sites for hydroxylation is 2. The average Bonchev–Trinajstić information content (AvgIpc) is 2.34. The molecule has 0 saturated heterocycles. The summed E-state index contributed by atoms with van der Waals surface area (Å²) in [5.74, 6) is 4.89. The van der Waals surface area contributed by atoms with E-state index in [-0.39, 0.29) is 11.6 Å². The van der Waals surface area contributed by atoms with E-state index in [1.807, 2.05) is 19.9 Å². The molecule has 0 fully saturated rings. The molecule has 1 unspecified atom stereocenters. The van der Waals surface area contributed by atoms with Crippen LogP contribution in [0.25, 0.3) is 0 Å². The van der Waals surface area contributed by atoms with E-state index in [0.717, 1.165) is 11.1 Å². The van der Waals surface area contributed by atoms with Gasteiger partial charge in [-0.05, 0) is 48.7 Å². The minimum Gasteiger partial charge on any atom is -0.271 e. The van der Waals surface area contributed by atoms with Crippen molar-refractivity contribution in [2.75, 3.05) is 0 Å². The quantitative estimate of drug-likeness (QED) is 0.656. The molecule has 3 N–H and O–H groups in total. The monoisotopic (exact) mass is 340 g/mol. The van der Waals surface area contributed by atoms with Gasteiger partial charge in [-0.1, -0.05) is 28.1 Å². The highest BCUT2D eigenvalue weighted by atomic mass is 79.9. The zero-order valence-electron chi connectivity index (χ0n) is 11.2. The molecule has 0 aliphatic carbocycles. The van der Waals surface area contributed by atoms with Crippen LogP contribution in [0, 0.1) is 25.5 Å². The summed E-state index contributed by atoms with van der Waals surface area (Å²) in [4.78, 5) is 0. The van der Waals surface area contributed by atoms with Crippen molar-refractivity contribution in [1.29, 1.82) is 0 Å². The second-order valence-corrected chi connectivity index (χ2v) is 5.60. The highest BCUT2D eigenvalue weighted by Gasteiger charge is 2.21. The van der Waals surface area contributed by atoms with Crippen molar-refractivity contribution in [1.82, 2.24) is 5.43 Å². The third-order valence-electron chi connectivity index (χ3n) is 3.21. The number of hydrogen-bond acceptors (Lipinski definition) is 2. The summed E-state index contributed by atoms with van der Waals surface area (Å²) in [7, 11) is 0. The van der Waals surface area contributed by atoms with E-state index in [9.17, 15) is 8.78 Å². The number of hydrazine groups is 1. The van der Waals surface area contributed by atoms with Gasteiger partial charge in [-0.15, -0.1) is 0 Å². The number of nitrogens with two attached hydrogens (primary N) is 1. The molecule has 0 spiro atoms. The van der Waals surface area contributed by atoms with Gasteiger partial charge in [0.2, 0.25) is 0 Å². The van der Waals surface area contributed by atoms with E-state index in [1.54, 1.807) is 6.07 Å². The Kier molecular flexibility index (Phi) is 4.52. The maximum absolute atomic E-state index is 14.3. The summed E-state index contributed by atoms with van der Waals surface area (Å²) < 4.78 is 28.0. The van der Waals surface area contributed by atoms with Gasteiger partial charge >= 0.3 is 0 Å². The predicted octanol–water partition coefficient (Wildman–Crippen LogP) is 3.90. The summed E-state index contributed by atoms with van der Waals surface area (Å²) in [5, 5.41) is 0. The summed E-state index contributed by atoms with van der Waals surface area (Å²) in [6, 6.07) is 7.05. The van der Waals surface area contributed by atoms with Crippen LogP contribution >= 0.6 is 15.9 Å². The van der Waals surface area contributed by atoms with Crippen molar-refractivity contribution in [3.05, 3.63) is 68.7 Å². The van der Waals surface area contributed by atoms with Gasteiger partial charge in [0.15, 0.2) is 0 Å². The molecule has 5 heteroatoms. The first kappa shape index (κ1) is 15.1. The fraction of sp³-hybridized carbons (Fsp3) is 0.200. The number of benzene rings is 2. The van der Waals surface area contributed by atoms with E-state index >= 15 is 0 Å². The zero-order valence-corrected chi connectivity index (χ0v) is 12.8. The largest absolute Gasteiger partial charge is 0.271 e. The van der Waals surface area contributed by atoms with Crippen LogP contribution in [-0.4, -0.2) is 0 Å². The molecule has 0 aliphatic heterocycles. The van der Waals surface area contributed by atoms with E-state index in [4.69, 9.17) is 5.84 Å². The van der Waals surface area contributed by atoms with Crippen LogP contribution in [0.4, 0.5) is 8.78 Å². The molecular weight excluding hydrogens is 326 g/mol. The Morgan fingerprint density at radius 1 is 1.15 bits per heavy atom. The van der Waals surface area contributed by atoms with Gasteiger partial charge in [0.1, 0.15) is 11.6 Å². The van der Waals surface area contributed by atoms with Crippen LogP contribution in [0.2, 0.25) is 0 Å². The topological polar surface area (TPSA) is 38.0 Å². The van der Waals surface area contributed by atoms with Gasteiger partial charge in [-0.2, -0.15) is 0 Å². The summed E-state index contributed by atoms with van der Waals surface area (Å²) in [5.41, 5.74) is 5.39. The first-order valence-electron chi connectivity index (χ1n) is 6.11. The predicted molar refractivity (Wildman–Crippen MR) is 79.1 cm³/mol. The molecular formula is C15H15BrF2N2. The lowest BCUT2D eigenvalue weighted by atomic mass is 9.93. The van der Waals surface area contributed by atoms with Gasteiger partial charge in [0, 0.05) is 10.0 Å². The molecule has 0 radical (unpaired) electrons. The molecule has 0 heterocycles. The highest BCUT2D eigenvalue weighted by molar-refractivity contribution is 9.10. The smallest absolute Gasteiger partial charge is 0.128 e. The number of rotatable bonds is 3. The Balaban J connectivity index is 2.58. The summed E-state index contributed by atoms with van der Waals surface area (Å²) in [6.07, 6.45) is 0. The normalized spacial score (nSPS) is 12.5. The molecule has 2 aromatic carbocycles. The third kappa shape index (κ3) is 2.90. The van der Waals surface area contributed by atoms with E-state index < -0.39 is 6.04 Å². The van der Waals surface area contributed by atoms with Crippen molar-refractivity contribution < 1.29 is 8.78 Å². The van der Waals surface area contributed by atoms with Gasteiger partial charge in [-0.3, -0.25) is 5.84 Å². The molecule has 0 aromatic heterocycles. The van der Waals surface area contributed by atoms with Crippen LogP contribution in [0.1, 0.15) is 28.3 Å². The van der Waals surface area contributed by atoms with E-state index in [1.165, 1.54) is 18.2 Å². The van der Waals surface area contributed by atoms with Crippen molar-refractivity contribution in [2.24, 2.45) is 5.84 Å². The Bertz CT molecular complexity index is 621. The first-order chi connectivity index (χ1) is 9.43. The SMILES string of the molecule is Cc1cc(C)c(C(NN)c2ccc(F)cc2Br)c(F)c1. The summed E-state index contributed by atoms with van der Waals surface area (Å²) in [6.45, 7) is 3.66. The first-order valence-corrected chi connectivity index (χ1v) is 6.91. The average molecular weight is 341 g/mol. The van der Waals surface area contributed by atoms with Crippen LogP contribution < -0.4 is 11.3 Å². The van der Waals surface area contributed by atoms with Gasteiger partial charge in [-0.25, -0.2) is 14.2 Å². The Morgan fingerprint density at radius 3 is 2.40 bits per heavy atom. The number of halogens is 3. The van der Waals surface area contributed by atoms with Crippen molar-refractivity contribution >= 4 is 15.9 Å². The zero-order chi connectivity index (χ0) is 14.9. The van der Waals surface area contributed by atoms with Crippen molar-refractivity contribution in [2.45, 2.75) is 19.9 Å². The minimum absolute atomic E-state index is 0.332. The molecule has 20 heavy (non-hydrogen) atoms. The van der Waals surface area contributed by atoms with Gasteiger partial charge in [0.05, 0.1) is 6.04 Å². The Hall–Kier alpha value is -1.30. The van der Waals surface area contributed by atoms with Crippen LogP contribution in [0.5, 0.6) is 0 Å². The molecule has 2 rings (SSSR count). The molecule has 0 aliphatic rings. The highest BCUT2D eigenvalue weighted by Crippen LogP contribution is 2.32. The molecule has 2 nitrogen and oxygen atoms in total. The Morgan fingerprint density at radius 2 is 1.85 bits per heavy atom. The molecule has 0 saturated carbocycles. The van der Waals surface area contributed by atoms with Crippen molar-refractivity contribution in [3.63, 3.8) is 0 Å². The molecule has 106 valence electrons. The van der Waals surface area contributed by atoms with E-state index in [2.05, 4.69) is 21.4 Å². The lowest BCUT2D eigenvalue weighted by molar-refractivity contribution is 0.553. The number of hydrogen-bond donors (Lipinski definition) is 2. The summed E-state index contributed by atoms with van der Waals surface area (Å²) >= 11 is 3.29. The standard InChI is InChI=1S/C15H15BrF2N2/c1-8-5-9(2)14(13(18)6-8)15(20-19)11-4-3-10(17)7-12(11)16/h3-7,15,20H,19H2,1-2H3. The fourth-order valence-electron chi connectivity index (χ4n) is 2.36. The third-order valence-corrected chi connectivity index (χ3v) is 3.90. The van der Waals surface area contributed by atoms with E-state index in [0.29, 0.717) is 15.6 Å². The fourth-order valence-corrected chi connectivity index (χ4v) is 2.94. The number of nitrogens with one attached hydrogen (secondary N) is 1. The molecule has 0 bridgehead atoms. The molecule has 2 aromatic rings. The Labute approximate surface area is 125 Å². The van der Waals surface area contributed by atoms with Gasteiger partial charge in [0.25, 0.3) is 0 Å². The van der Waals surface area contributed by atoms with Crippen LogP contribution in [0.3, 0.4) is 0 Å². The minimum atomic E-state index is -0.550.